The highest BCUT2D eigenvalue weighted by molar-refractivity contribution is 6.69. The summed E-state index contributed by atoms with van der Waals surface area (Å²) in [5, 5.41) is 0. The molecule has 282 valence electrons. The van der Waals surface area contributed by atoms with Crippen molar-refractivity contribution in [2.75, 3.05) is 14.2 Å². The number of methoxy groups -OCH3 is 2. The molecule has 0 radical (unpaired) electrons. The molecule has 0 spiro atoms. The van der Waals surface area contributed by atoms with E-state index in [1.165, 1.54) is 0 Å². The zero-order valence-corrected chi connectivity index (χ0v) is 33.5. The van der Waals surface area contributed by atoms with Crippen LogP contribution in [0.3, 0.4) is 0 Å². The van der Waals surface area contributed by atoms with E-state index in [1.807, 2.05) is 148 Å². The van der Waals surface area contributed by atoms with Gasteiger partial charge in [0.1, 0.15) is 40.9 Å². The van der Waals surface area contributed by atoms with Crippen molar-refractivity contribution >= 4 is 26.9 Å². The van der Waals surface area contributed by atoms with Crippen LogP contribution in [-0.2, 0) is 43.9 Å². The second-order valence-corrected chi connectivity index (χ2v) is 20.0. The quantitative estimate of drug-likeness (QED) is 0.0826. The van der Waals surface area contributed by atoms with Gasteiger partial charge in [-0.2, -0.15) is 0 Å². The molecule has 0 bridgehead atoms. The van der Waals surface area contributed by atoms with Gasteiger partial charge in [-0.3, -0.25) is 4.79 Å². The van der Waals surface area contributed by atoms with Gasteiger partial charge in [-0.05, 0) is 68.7 Å². The Morgan fingerprint density at radius 2 is 1.06 bits per heavy atom. The molecule has 0 N–H and O–H groups in total. The number of hydrogen-bond donors (Lipinski definition) is 0. The molecule has 1 fully saturated rings. The average molecular weight is 747 g/mol. The topological polar surface area (TPSA) is 85.6 Å². The smallest absolute Gasteiger partial charge is 0.467 e. The molecule has 10 heteroatoms. The zero-order chi connectivity index (χ0) is 38.6. The summed E-state index contributed by atoms with van der Waals surface area (Å²) in [6.45, 7) is 11.8. The third-order valence-corrected chi connectivity index (χ3v) is 10.6. The van der Waals surface area contributed by atoms with E-state index in [9.17, 15) is 4.79 Å². The van der Waals surface area contributed by atoms with E-state index in [0.717, 1.165) is 22.3 Å². The maximum atomic E-state index is 13.3. The maximum absolute atomic E-state index is 13.3. The van der Waals surface area contributed by atoms with Crippen LogP contribution in [0.2, 0.25) is 19.6 Å². The molecule has 1 aromatic heterocycles. The van der Waals surface area contributed by atoms with E-state index >= 15 is 0 Å². The molecule has 1 aliphatic heterocycles. The number of carbonyl (C=O) groups excluding carboxylic acids is 1. The van der Waals surface area contributed by atoms with Crippen molar-refractivity contribution < 1.29 is 37.2 Å². The first-order chi connectivity index (χ1) is 25.8. The molecule has 1 aliphatic rings. The van der Waals surface area contributed by atoms with Gasteiger partial charge < -0.3 is 32.4 Å². The summed E-state index contributed by atoms with van der Waals surface area (Å²) in [5.41, 5.74) is 1.06. The highest BCUT2D eigenvalue weighted by Gasteiger charge is 2.62. The van der Waals surface area contributed by atoms with Gasteiger partial charge in [-0.15, -0.1) is 0 Å². The van der Waals surface area contributed by atoms with Crippen LogP contribution in [0.5, 0.6) is 0 Å². The molecule has 0 amide bonds. The molecule has 6 rings (SSSR count). The Kier molecular flexibility index (Phi) is 11.8. The molecule has 2 heterocycles. The number of furan rings is 1. The summed E-state index contributed by atoms with van der Waals surface area (Å²) < 4.78 is 46.8. The average Bonchev–Trinajstić information content (AvgIpc) is 3.82. The normalized spacial score (nSPS) is 17.4. The standard InChI is InChI=1S/C44H51BO8Si/c1-42(2,3)50-38(46)31-37(53-54(6,7)8)39-36(29-30-49-39)45-51-40(43(47-4,32-21-13-9-14-22-32)33-23-15-10-16-24-33)41(52-45)44(48-5,34-25-17-11-18-26-34)35-27-19-12-20-28-35/h9-30,37,40-41H,31H2,1-8H3/t37-,40-,41-/m1/s1. The Morgan fingerprint density at radius 3 is 1.39 bits per heavy atom. The number of carbonyl (C=O) groups is 1. The second-order valence-electron chi connectivity index (χ2n) is 15.5. The minimum atomic E-state index is -2.23. The first kappa shape index (κ1) is 39.4. The lowest BCUT2D eigenvalue weighted by atomic mass is 9.71. The highest BCUT2D eigenvalue weighted by atomic mass is 28.4. The second kappa shape index (κ2) is 16.2. The van der Waals surface area contributed by atoms with Gasteiger partial charge in [0.25, 0.3) is 0 Å². The number of benzene rings is 4. The maximum Gasteiger partial charge on any atom is 0.498 e. The lowest BCUT2D eigenvalue weighted by Gasteiger charge is -2.46. The number of ether oxygens (including phenoxy) is 3. The van der Waals surface area contributed by atoms with Crippen LogP contribution in [0.15, 0.2) is 138 Å². The van der Waals surface area contributed by atoms with E-state index in [2.05, 4.69) is 19.6 Å². The third-order valence-electron chi connectivity index (χ3n) is 9.61. The SMILES string of the molecule is COC(c1ccccc1)(c1ccccc1)[C@@H]1OB(c2ccoc2[C@@H](CC(=O)OC(C)(C)C)O[Si](C)(C)C)O[C@H]1C(OC)(c1ccccc1)c1ccccc1. The minimum Gasteiger partial charge on any atom is -0.467 e. The van der Waals surface area contributed by atoms with Crippen molar-refractivity contribution in [1.29, 1.82) is 0 Å². The van der Waals surface area contributed by atoms with E-state index in [1.54, 1.807) is 20.5 Å². The predicted octanol–water partition coefficient (Wildman–Crippen LogP) is 8.56. The zero-order valence-electron chi connectivity index (χ0n) is 32.5. The Balaban J connectivity index is 1.57. The first-order valence-electron chi connectivity index (χ1n) is 18.4. The van der Waals surface area contributed by atoms with Gasteiger partial charge in [0.2, 0.25) is 0 Å². The van der Waals surface area contributed by atoms with Crippen molar-refractivity contribution in [3.8, 4) is 0 Å². The van der Waals surface area contributed by atoms with E-state index in [4.69, 9.17) is 32.4 Å². The fourth-order valence-corrected chi connectivity index (χ4v) is 8.62. The van der Waals surface area contributed by atoms with Crippen LogP contribution in [0.4, 0.5) is 0 Å². The molecule has 0 unspecified atom stereocenters. The summed E-state index contributed by atoms with van der Waals surface area (Å²) in [6, 6.07) is 42.1. The van der Waals surface area contributed by atoms with Gasteiger partial charge in [-0.25, -0.2) is 0 Å². The molecular formula is C44H51BO8Si. The minimum absolute atomic E-state index is 0.0479. The Hall–Kier alpha value is -4.29. The highest BCUT2D eigenvalue weighted by Crippen LogP contribution is 2.50. The summed E-state index contributed by atoms with van der Waals surface area (Å²) in [7, 11) is 0.196. The molecule has 4 aromatic carbocycles. The Bertz CT molecular complexity index is 1760. The van der Waals surface area contributed by atoms with Crippen LogP contribution < -0.4 is 5.46 Å². The monoisotopic (exact) mass is 746 g/mol. The van der Waals surface area contributed by atoms with Crippen molar-refractivity contribution in [2.45, 2.75) is 81.9 Å². The van der Waals surface area contributed by atoms with Gasteiger partial charge in [0.15, 0.2) is 8.32 Å². The van der Waals surface area contributed by atoms with Crippen LogP contribution in [0.25, 0.3) is 0 Å². The van der Waals surface area contributed by atoms with Crippen LogP contribution in [-0.4, -0.2) is 53.4 Å². The third kappa shape index (κ3) is 8.05. The largest absolute Gasteiger partial charge is 0.498 e. The number of hydrogen-bond acceptors (Lipinski definition) is 8. The van der Waals surface area contributed by atoms with Gasteiger partial charge in [-0.1, -0.05) is 121 Å². The lowest BCUT2D eigenvalue weighted by molar-refractivity contribution is -0.157. The lowest BCUT2D eigenvalue weighted by Crippen LogP contribution is -2.56. The van der Waals surface area contributed by atoms with Gasteiger partial charge in [0, 0.05) is 19.7 Å². The molecule has 0 aliphatic carbocycles. The van der Waals surface area contributed by atoms with Gasteiger partial charge >= 0.3 is 13.1 Å². The number of esters is 1. The van der Waals surface area contributed by atoms with Crippen LogP contribution in [0, 0.1) is 0 Å². The van der Waals surface area contributed by atoms with Crippen LogP contribution in [0.1, 0.15) is 61.3 Å². The summed E-state index contributed by atoms with van der Waals surface area (Å²) in [5.74, 6) is 0.0489. The van der Waals surface area contributed by atoms with Crippen molar-refractivity contribution in [2.24, 2.45) is 0 Å². The molecule has 54 heavy (non-hydrogen) atoms. The van der Waals surface area contributed by atoms with Crippen molar-refractivity contribution in [1.82, 2.24) is 0 Å². The van der Waals surface area contributed by atoms with Crippen molar-refractivity contribution in [3.05, 3.63) is 162 Å². The Morgan fingerprint density at radius 1 is 0.667 bits per heavy atom. The van der Waals surface area contributed by atoms with Gasteiger partial charge in [0.05, 0.1) is 12.7 Å². The number of rotatable bonds is 14. The van der Waals surface area contributed by atoms with E-state index in [-0.39, 0.29) is 6.42 Å². The predicted molar refractivity (Wildman–Crippen MR) is 213 cm³/mol. The summed E-state index contributed by atoms with van der Waals surface area (Å²) in [6.07, 6.45) is -0.837. The molecular weight excluding hydrogens is 695 g/mol. The molecule has 1 saturated heterocycles. The van der Waals surface area contributed by atoms with E-state index in [0.29, 0.717) is 11.2 Å². The van der Waals surface area contributed by atoms with E-state index < -0.39 is 56.5 Å². The fourth-order valence-electron chi connectivity index (χ4n) is 7.58. The summed E-state index contributed by atoms with van der Waals surface area (Å²) in [4.78, 5) is 13.3. The molecule has 3 atom stereocenters. The summed E-state index contributed by atoms with van der Waals surface area (Å²) >= 11 is 0. The Labute approximate surface area is 321 Å². The molecule has 8 nitrogen and oxygen atoms in total. The van der Waals surface area contributed by atoms with Crippen molar-refractivity contribution in [3.63, 3.8) is 0 Å². The van der Waals surface area contributed by atoms with Crippen LogP contribution >= 0.6 is 0 Å². The first-order valence-corrected chi connectivity index (χ1v) is 21.8. The fraction of sp³-hybridized carbons (Fsp3) is 0.341. The molecule has 5 aromatic rings. The molecule has 0 saturated carbocycles.